The molecule has 0 radical (unpaired) electrons. The SMILES string of the molecule is CCC(CC)C(=O)N1CCC(C(=O)Nc2ccc(N(CC)CC)cc2)CC1. The minimum Gasteiger partial charge on any atom is -0.372 e. The van der Waals surface area contributed by atoms with Gasteiger partial charge in [0.2, 0.25) is 11.8 Å². The second kappa shape index (κ2) is 10.3. The lowest BCUT2D eigenvalue weighted by Gasteiger charge is -2.33. The van der Waals surface area contributed by atoms with E-state index >= 15 is 0 Å². The van der Waals surface area contributed by atoms with E-state index in [0.717, 1.165) is 44.5 Å². The summed E-state index contributed by atoms with van der Waals surface area (Å²) in [4.78, 5) is 29.3. The van der Waals surface area contributed by atoms with Gasteiger partial charge >= 0.3 is 0 Å². The van der Waals surface area contributed by atoms with Crippen molar-refractivity contribution in [1.82, 2.24) is 4.90 Å². The number of nitrogens with zero attached hydrogens (tertiary/aromatic N) is 2. The quantitative estimate of drug-likeness (QED) is 0.745. The topological polar surface area (TPSA) is 52.7 Å². The van der Waals surface area contributed by atoms with Gasteiger partial charge in [-0.05, 0) is 63.8 Å². The molecule has 1 N–H and O–H groups in total. The summed E-state index contributed by atoms with van der Waals surface area (Å²) >= 11 is 0. The molecule has 5 heteroatoms. The first-order valence-corrected chi connectivity index (χ1v) is 10.5. The molecule has 1 aromatic rings. The van der Waals surface area contributed by atoms with Crippen LogP contribution >= 0.6 is 0 Å². The summed E-state index contributed by atoms with van der Waals surface area (Å²) in [5.41, 5.74) is 2.01. The van der Waals surface area contributed by atoms with Crippen LogP contribution in [0.3, 0.4) is 0 Å². The fraction of sp³-hybridized carbons (Fsp3) is 0.636. The highest BCUT2D eigenvalue weighted by atomic mass is 16.2. The summed E-state index contributed by atoms with van der Waals surface area (Å²) in [5.74, 6) is 0.434. The zero-order chi connectivity index (χ0) is 19.8. The van der Waals surface area contributed by atoms with E-state index < -0.39 is 0 Å². The van der Waals surface area contributed by atoms with E-state index in [1.807, 2.05) is 17.0 Å². The number of anilines is 2. The molecular formula is C22H35N3O2. The number of hydrogen-bond acceptors (Lipinski definition) is 3. The molecule has 1 heterocycles. The smallest absolute Gasteiger partial charge is 0.227 e. The van der Waals surface area contributed by atoms with E-state index in [1.165, 1.54) is 5.69 Å². The Kier molecular flexibility index (Phi) is 8.14. The van der Waals surface area contributed by atoms with Gasteiger partial charge in [-0.2, -0.15) is 0 Å². The van der Waals surface area contributed by atoms with Crippen LogP contribution in [0, 0.1) is 11.8 Å². The third-order valence-corrected chi connectivity index (χ3v) is 5.78. The van der Waals surface area contributed by atoms with Crippen molar-refractivity contribution >= 4 is 23.2 Å². The molecule has 1 fully saturated rings. The highest BCUT2D eigenvalue weighted by molar-refractivity contribution is 5.93. The maximum Gasteiger partial charge on any atom is 0.227 e. The Labute approximate surface area is 164 Å². The minimum absolute atomic E-state index is 0.0155. The van der Waals surface area contributed by atoms with E-state index in [4.69, 9.17) is 0 Å². The molecule has 0 atom stereocenters. The first-order valence-electron chi connectivity index (χ1n) is 10.5. The van der Waals surface area contributed by atoms with Gasteiger partial charge < -0.3 is 15.1 Å². The van der Waals surface area contributed by atoms with Crippen molar-refractivity contribution in [3.8, 4) is 0 Å². The predicted octanol–water partition coefficient (Wildman–Crippen LogP) is 4.15. The van der Waals surface area contributed by atoms with E-state index in [1.54, 1.807) is 0 Å². The molecule has 27 heavy (non-hydrogen) atoms. The van der Waals surface area contributed by atoms with Gasteiger partial charge in [-0.15, -0.1) is 0 Å². The summed E-state index contributed by atoms with van der Waals surface area (Å²) in [7, 11) is 0. The van der Waals surface area contributed by atoms with Crippen LogP contribution in [0.1, 0.15) is 53.4 Å². The van der Waals surface area contributed by atoms with Crippen LogP contribution in [-0.4, -0.2) is 42.9 Å². The van der Waals surface area contributed by atoms with Crippen LogP contribution in [0.4, 0.5) is 11.4 Å². The number of hydrogen-bond donors (Lipinski definition) is 1. The Morgan fingerprint density at radius 1 is 1.04 bits per heavy atom. The average Bonchev–Trinajstić information content (AvgIpc) is 2.71. The number of carbonyl (C=O) groups is 2. The van der Waals surface area contributed by atoms with Gasteiger partial charge in [-0.1, -0.05) is 13.8 Å². The van der Waals surface area contributed by atoms with Crippen molar-refractivity contribution in [3.63, 3.8) is 0 Å². The van der Waals surface area contributed by atoms with Gasteiger partial charge in [0, 0.05) is 49.4 Å². The largest absolute Gasteiger partial charge is 0.372 e. The number of carbonyl (C=O) groups excluding carboxylic acids is 2. The first-order chi connectivity index (χ1) is 13.0. The van der Waals surface area contributed by atoms with Gasteiger partial charge in [-0.25, -0.2) is 0 Å². The van der Waals surface area contributed by atoms with E-state index in [9.17, 15) is 9.59 Å². The molecule has 0 bridgehead atoms. The molecule has 1 aliphatic rings. The Morgan fingerprint density at radius 3 is 2.07 bits per heavy atom. The normalized spacial score (nSPS) is 15.1. The molecule has 2 rings (SSSR count). The van der Waals surface area contributed by atoms with E-state index in [-0.39, 0.29) is 23.7 Å². The number of rotatable bonds is 8. The Balaban J connectivity index is 1.86. The van der Waals surface area contributed by atoms with E-state index in [0.29, 0.717) is 13.1 Å². The minimum atomic E-state index is -0.0155. The summed E-state index contributed by atoms with van der Waals surface area (Å²) < 4.78 is 0. The third-order valence-electron chi connectivity index (χ3n) is 5.78. The molecule has 1 aromatic carbocycles. The van der Waals surface area contributed by atoms with Crippen molar-refractivity contribution in [3.05, 3.63) is 24.3 Å². The number of amides is 2. The highest BCUT2D eigenvalue weighted by Crippen LogP contribution is 2.23. The summed E-state index contributed by atoms with van der Waals surface area (Å²) in [5, 5.41) is 3.04. The predicted molar refractivity (Wildman–Crippen MR) is 112 cm³/mol. The number of nitrogens with one attached hydrogen (secondary N) is 1. The van der Waals surface area contributed by atoms with Crippen LogP contribution < -0.4 is 10.2 Å². The summed E-state index contributed by atoms with van der Waals surface area (Å²) in [6.07, 6.45) is 3.27. The van der Waals surface area contributed by atoms with Crippen LogP contribution in [0.5, 0.6) is 0 Å². The molecule has 1 saturated heterocycles. The van der Waals surface area contributed by atoms with Crippen molar-refractivity contribution in [2.75, 3.05) is 36.4 Å². The van der Waals surface area contributed by atoms with Gasteiger partial charge in [0.25, 0.3) is 0 Å². The zero-order valence-corrected chi connectivity index (χ0v) is 17.3. The molecule has 0 aromatic heterocycles. The fourth-order valence-electron chi connectivity index (χ4n) is 3.85. The van der Waals surface area contributed by atoms with Crippen molar-refractivity contribution < 1.29 is 9.59 Å². The number of benzene rings is 1. The fourth-order valence-corrected chi connectivity index (χ4v) is 3.85. The van der Waals surface area contributed by atoms with Gasteiger partial charge in [0.05, 0.1) is 0 Å². The van der Waals surface area contributed by atoms with Gasteiger partial charge in [0.15, 0.2) is 0 Å². The van der Waals surface area contributed by atoms with Crippen LogP contribution in [-0.2, 0) is 9.59 Å². The molecular weight excluding hydrogens is 338 g/mol. The highest BCUT2D eigenvalue weighted by Gasteiger charge is 2.29. The number of piperidine rings is 1. The van der Waals surface area contributed by atoms with Crippen LogP contribution in [0.15, 0.2) is 24.3 Å². The Bertz CT molecular complexity index is 598. The molecule has 2 amide bonds. The monoisotopic (exact) mass is 373 g/mol. The molecule has 0 spiro atoms. The maximum atomic E-state index is 12.6. The van der Waals surface area contributed by atoms with Crippen LogP contribution in [0.25, 0.3) is 0 Å². The molecule has 150 valence electrons. The summed E-state index contributed by atoms with van der Waals surface area (Å²) in [6, 6.07) is 8.05. The molecule has 0 unspecified atom stereocenters. The zero-order valence-electron chi connectivity index (χ0n) is 17.3. The van der Waals surface area contributed by atoms with E-state index in [2.05, 4.69) is 50.0 Å². The molecule has 0 saturated carbocycles. The molecule has 5 nitrogen and oxygen atoms in total. The number of likely N-dealkylation sites (tertiary alicyclic amines) is 1. The molecule has 1 aliphatic heterocycles. The lowest BCUT2D eigenvalue weighted by molar-refractivity contribution is -0.138. The second-order valence-electron chi connectivity index (χ2n) is 7.32. The second-order valence-corrected chi connectivity index (χ2v) is 7.32. The van der Waals surface area contributed by atoms with Crippen molar-refractivity contribution in [2.45, 2.75) is 53.4 Å². The van der Waals surface area contributed by atoms with Crippen LogP contribution in [0.2, 0.25) is 0 Å². The van der Waals surface area contributed by atoms with Gasteiger partial charge in [-0.3, -0.25) is 9.59 Å². The standard InChI is InChI=1S/C22H35N3O2/c1-5-17(6-2)22(27)25-15-13-18(14-16-25)21(26)23-19-9-11-20(12-10-19)24(7-3)8-4/h9-12,17-18H,5-8,13-16H2,1-4H3,(H,23,26). The lowest BCUT2D eigenvalue weighted by atomic mass is 9.93. The Hall–Kier alpha value is -2.04. The summed E-state index contributed by atoms with van der Waals surface area (Å²) in [6.45, 7) is 11.7. The third kappa shape index (κ3) is 5.47. The first kappa shape index (κ1) is 21.3. The lowest BCUT2D eigenvalue weighted by Crippen LogP contribution is -2.43. The average molecular weight is 374 g/mol. The maximum absolute atomic E-state index is 12.6. The van der Waals surface area contributed by atoms with Crippen molar-refractivity contribution in [2.24, 2.45) is 11.8 Å². The van der Waals surface area contributed by atoms with Gasteiger partial charge in [0.1, 0.15) is 0 Å². The van der Waals surface area contributed by atoms with Crippen molar-refractivity contribution in [1.29, 1.82) is 0 Å². The Morgan fingerprint density at radius 2 is 1.59 bits per heavy atom. The molecule has 0 aliphatic carbocycles.